The molecule has 2 aliphatic heterocycles. The Labute approximate surface area is 225 Å². The highest BCUT2D eigenvalue weighted by Gasteiger charge is 2.63. The molecule has 5 heterocycles. The van der Waals surface area contributed by atoms with E-state index in [1.165, 1.54) is 0 Å². The Morgan fingerprint density at radius 1 is 1.15 bits per heavy atom. The molecule has 10 atom stereocenters. The van der Waals surface area contributed by atoms with Crippen LogP contribution in [-0.4, -0.2) is 109 Å². The van der Waals surface area contributed by atoms with Gasteiger partial charge in [-0.05, 0) is 0 Å². The van der Waals surface area contributed by atoms with Crippen molar-refractivity contribution >= 4 is 25.4 Å². The van der Waals surface area contributed by atoms with E-state index in [1.54, 1.807) is 0 Å². The molecule has 2 fully saturated rings. The second kappa shape index (κ2) is 10.7. The number of aliphatic hydroxyl groups excluding tert-OH is 5. The van der Waals surface area contributed by atoms with Gasteiger partial charge in [0, 0.05) is 16.8 Å². The van der Waals surface area contributed by atoms with E-state index in [0.29, 0.717) is 0 Å². The number of fused-ring (bicyclic) bond motifs is 1. The molecule has 10 N–H and O–H groups in total. The quantitative estimate of drug-likeness (QED) is 0.0857. The SMILES string of the molecule is Nc1nc2c(ncn2[C@@H]2O[C@H](CO)C(O)(O[P+](=O)OC(O)[C@@H]3O[C@H](n4ccc(=O)[nH]c4=O)C(O)C3O)C2O)c(=O)[nH]1. The highest BCUT2D eigenvalue weighted by atomic mass is 31.1. The second-order valence-electron chi connectivity index (χ2n) is 8.97. The van der Waals surface area contributed by atoms with E-state index in [0.717, 1.165) is 27.7 Å². The number of aromatic amines is 2. The van der Waals surface area contributed by atoms with Gasteiger partial charge in [-0.25, -0.2) is 9.78 Å². The summed E-state index contributed by atoms with van der Waals surface area (Å²) in [6.07, 6.45) is -13.0. The molecular formula is C19H23N7O14P+. The van der Waals surface area contributed by atoms with Gasteiger partial charge in [-0.1, -0.05) is 9.05 Å². The molecule has 0 aliphatic carbocycles. The van der Waals surface area contributed by atoms with Crippen molar-refractivity contribution in [3.8, 4) is 0 Å². The largest absolute Gasteiger partial charge is 0.703 e. The molecule has 0 aromatic carbocycles. The molecule has 0 radical (unpaired) electrons. The van der Waals surface area contributed by atoms with Crippen molar-refractivity contribution in [1.82, 2.24) is 29.1 Å². The smallest absolute Gasteiger partial charge is 0.393 e. The molecule has 21 nitrogen and oxygen atoms in total. The van der Waals surface area contributed by atoms with Gasteiger partial charge in [0.05, 0.1) is 12.9 Å². The van der Waals surface area contributed by atoms with Crippen LogP contribution in [0.5, 0.6) is 0 Å². The number of ether oxygens (including phenoxy) is 2. The summed E-state index contributed by atoms with van der Waals surface area (Å²) in [5.74, 6) is -3.25. The van der Waals surface area contributed by atoms with Crippen LogP contribution >= 0.6 is 8.25 Å². The van der Waals surface area contributed by atoms with E-state index in [1.807, 2.05) is 4.98 Å². The Balaban J connectivity index is 1.31. The first-order chi connectivity index (χ1) is 19.3. The van der Waals surface area contributed by atoms with Gasteiger partial charge in [0.15, 0.2) is 29.7 Å². The Kier molecular flexibility index (Phi) is 7.61. The van der Waals surface area contributed by atoms with Crippen molar-refractivity contribution in [2.45, 2.75) is 55.1 Å². The van der Waals surface area contributed by atoms with Crippen LogP contribution in [0.25, 0.3) is 11.2 Å². The van der Waals surface area contributed by atoms with Crippen LogP contribution in [-0.2, 0) is 23.1 Å². The van der Waals surface area contributed by atoms with Crippen LogP contribution in [0.4, 0.5) is 5.95 Å². The molecule has 22 heteroatoms. The van der Waals surface area contributed by atoms with Gasteiger partial charge in [0.1, 0.15) is 24.4 Å². The molecule has 0 amide bonds. The summed E-state index contributed by atoms with van der Waals surface area (Å²) in [5.41, 5.74) is 2.70. The lowest BCUT2D eigenvalue weighted by Crippen LogP contribution is -2.50. The van der Waals surface area contributed by atoms with Crippen LogP contribution in [0.2, 0.25) is 0 Å². The number of nitrogens with two attached hydrogens (primary N) is 1. The topological polar surface area (TPSA) is 320 Å². The number of hydrogen-bond acceptors (Lipinski definition) is 17. The number of nitrogens with zero attached hydrogens (tertiary/aromatic N) is 4. The molecule has 222 valence electrons. The van der Waals surface area contributed by atoms with E-state index in [2.05, 4.69) is 15.0 Å². The predicted octanol–water partition coefficient (Wildman–Crippen LogP) is -5.18. The van der Waals surface area contributed by atoms with Crippen LogP contribution < -0.4 is 22.5 Å². The van der Waals surface area contributed by atoms with E-state index in [9.17, 15) is 49.6 Å². The van der Waals surface area contributed by atoms with Crippen molar-refractivity contribution in [3.63, 3.8) is 0 Å². The summed E-state index contributed by atoms with van der Waals surface area (Å²) in [7, 11) is -3.59. The van der Waals surface area contributed by atoms with E-state index in [-0.39, 0.29) is 17.1 Å². The maximum atomic E-state index is 12.7. The minimum absolute atomic E-state index is 0.172. The van der Waals surface area contributed by atoms with Crippen molar-refractivity contribution in [3.05, 3.63) is 49.8 Å². The van der Waals surface area contributed by atoms with E-state index >= 15 is 0 Å². The molecule has 3 aromatic heterocycles. The Morgan fingerprint density at radius 2 is 1.88 bits per heavy atom. The van der Waals surface area contributed by atoms with E-state index < -0.39 is 86.7 Å². The monoisotopic (exact) mass is 604 g/mol. The first kappa shape index (κ1) is 29.0. The Bertz CT molecular complexity index is 1640. The molecule has 0 saturated carbocycles. The number of nitrogen functional groups attached to an aromatic ring is 1. The van der Waals surface area contributed by atoms with Gasteiger partial charge in [-0.3, -0.25) is 28.7 Å². The molecule has 2 aliphatic rings. The number of imidazole rings is 1. The number of aromatic nitrogens is 6. The zero-order chi connectivity index (χ0) is 29.8. The minimum atomic E-state index is -3.59. The maximum Gasteiger partial charge on any atom is 0.703 e. The highest BCUT2D eigenvalue weighted by Crippen LogP contribution is 2.45. The molecule has 6 unspecified atom stereocenters. The molecule has 3 aromatic rings. The molecule has 2 saturated heterocycles. The standard InChI is InChI=1S/C19H22N7O14P/c20-17-23-12-7(13(32)24-17)21-4-26(12)15-11(31)19(35,5(3-27)37-15)40-41(36)39-16(33)10-8(29)9(30)14(38-10)25-2-1-6(28)22-18(25)34/h1-2,4-5,8-11,14-16,27,29-31,33,35H,3H2,(H3-,20,22,23,24,28,32,34)/p+1/t5-,8?,9?,10-,11?,14+,15-,16?,19?/m1/s1. The normalized spacial score (nSPS) is 32.9. The molecule has 5 rings (SSSR count). The van der Waals surface area contributed by atoms with Gasteiger partial charge >= 0.3 is 13.9 Å². The second-order valence-corrected chi connectivity index (χ2v) is 9.81. The van der Waals surface area contributed by atoms with Gasteiger partial charge in [0.2, 0.25) is 12.2 Å². The zero-order valence-corrected chi connectivity index (χ0v) is 21.2. The van der Waals surface area contributed by atoms with Gasteiger partial charge in [-0.2, -0.15) is 4.98 Å². The number of hydrogen-bond donors (Lipinski definition) is 9. The first-order valence-electron chi connectivity index (χ1n) is 11.6. The number of rotatable bonds is 8. The third-order valence-corrected chi connectivity index (χ3v) is 7.28. The average Bonchev–Trinajstić information content (AvgIpc) is 3.52. The summed E-state index contributed by atoms with van der Waals surface area (Å²) in [5, 5.41) is 62.6. The summed E-state index contributed by atoms with van der Waals surface area (Å²) in [6, 6.07) is 0.936. The lowest BCUT2D eigenvalue weighted by molar-refractivity contribution is -0.224. The Hall–Kier alpha value is -3.47. The third-order valence-electron chi connectivity index (χ3n) is 6.45. The predicted molar refractivity (Wildman–Crippen MR) is 128 cm³/mol. The van der Waals surface area contributed by atoms with E-state index in [4.69, 9.17) is 24.3 Å². The van der Waals surface area contributed by atoms with Crippen molar-refractivity contribution in [1.29, 1.82) is 0 Å². The minimum Gasteiger partial charge on any atom is -0.393 e. The van der Waals surface area contributed by atoms with Crippen LogP contribution in [0.1, 0.15) is 12.5 Å². The third kappa shape index (κ3) is 4.98. The highest BCUT2D eigenvalue weighted by molar-refractivity contribution is 7.33. The first-order valence-corrected chi connectivity index (χ1v) is 12.7. The van der Waals surface area contributed by atoms with Crippen LogP contribution in [0.15, 0.2) is 33.0 Å². The van der Waals surface area contributed by atoms with Crippen LogP contribution in [0, 0.1) is 0 Å². The summed E-state index contributed by atoms with van der Waals surface area (Å²) in [4.78, 5) is 47.3. The van der Waals surface area contributed by atoms with Crippen molar-refractivity contribution in [2.24, 2.45) is 0 Å². The van der Waals surface area contributed by atoms with Gasteiger partial charge < -0.3 is 45.8 Å². The summed E-state index contributed by atoms with van der Waals surface area (Å²) in [6.45, 7) is -0.995. The van der Waals surface area contributed by atoms with Gasteiger partial charge in [-0.15, -0.1) is 0 Å². The van der Waals surface area contributed by atoms with Crippen LogP contribution in [0.3, 0.4) is 0 Å². The number of nitrogens with one attached hydrogen (secondary N) is 2. The molecule has 41 heavy (non-hydrogen) atoms. The van der Waals surface area contributed by atoms with Crippen molar-refractivity contribution < 1.29 is 53.7 Å². The fraction of sp³-hybridized carbons (Fsp3) is 0.526. The lowest BCUT2D eigenvalue weighted by Gasteiger charge is -2.24. The number of H-pyrrole nitrogens is 2. The number of aliphatic hydroxyl groups is 6. The summed E-state index contributed by atoms with van der Waals surface area (Å²) < 4.78 is 34.8. The maximum absolute atomic E-state index is 12.7. The fourth-order valence-corrected chi connectivity index (χ4v) is 5.24. The zero-order valence-electron chi connectivity index (χ0n) is 20.3. The molecule has 0 spiro atoms. The Morgan fingerprint density at radius 3 is 2.56 bits per heavy atom. The van der Waals surface area contributed by atoms with Gasteiger partial charge in [0.25, 0.3) is 16.9 Å². The average molecular weight is 604 g/mol. The molecule has 0 bridgehead atoms. The summed E-state index contributed by atoms with van der Waals surface area (Å²) >= 11 is 0. The number of anilines is 1. The molecular weight excluding hydrogens is 581 g/mol. The lowest BCUT2D eigenvalue weighted by atomic mass is 10.1. The van der Waals surface area contributed by atoms with Crippen molar-refractivity contribution in [2.75, 3.05) is 12.3 Å². The fourth-order valence-electron chi connectivity index (χ4n) is 4.44.